The van der Waals surface area contributed by atoms with Crippen molar-refractivity contribution in [3.63, 3.8) is 0 Å². The van der Waals surface area contributed by atoms with Crippen LogP contribution in [-0.4, -0.2) is 14.3 Å². The fourth-order valence-corrected chi connectivity index (χ4v) is 2.47. The van der Waals surface area contributed by atoms with Crippen molar-refractivity contribution in [2.45, 2.75) is 33.2 Å². The highest BCUT2D eigenvalue weighted by molar-refractivity contribution is 6.70. The van der Waals surface area contributed by atoms with Gasteiger partial charge in [-0.05, 0) is 32.1 Å². The lowest BCUT2D eigenvalue weighted by atomic mass is 10.2. The first kappa shape index (κ1) is 14.5. The summed E-state index contributed by atoms with van der Waals surface area (Å²) in [4.78, 5) is 11.5. The zero-order valence-corrected chi connectivity index (χ0v) is 12.4. The Morgan fingerprint density at radius 3 is 2.39 bits per heavy atom. The van der Waals surface area contributed by atoms with Crippen molar-refractivity contribution in [1.82, 2.24) is 0 Å². The Morgan fingerprint density at radius 2 is 1.83 bits per heavy atom. The first-order valence-corrected chi connectivity index (χ1v) is 9.36. The molecule has 1 rings (SSSR count). The highest BCUT2D eigenvalue weighted by Gasteiger charge is 2.16. The SMILES string of the molecule is C/C(=C/C(=O)OCc1ccccc1)O[Si](C)(C)C. The number of benzene rings is 1. The maximum absolute atomic E-state index is 11.5. The van der Waals surface area contributed by atoms with Gasteiger partial charge in [-0.2, -0.15) is 0 Å². The van der Waals surface area contributed by atoms with Gasteiger partial charge in [-0.1, -0.05) is 30.3 Å². The highest BCUT2D eigenvalue weighted by Crippen LogP contribution is 2.10. The predicted octanol–water partition coefficient (Wildman–Crippen LogP) is 3.49. The van der Waals surface area contributed by atoms with Gasteiger partial charge in [0.15, 0.2) is 0 Å². The Morgan fingerprint density at radius 1 is 1.22 bits per heavy atom. The second-order valence-electron chi connectivity index (χ2n) is 5.06. The number of hydrogen-bond donors (Lipinski definition) is 0. The van der Waals surface area contributed by atoms with E-state index in [1.807, 2.05) is 30.3 Å². The third kappa shape index (κ3) is 6.25. The van der Waals surface area contributed by atoms with Crippen LogP contribution in [0.15, 0.2) is 42.2 Å². The van der Waals surface area contributed by atoms with Crippen molar-refractivity contribution in [2.24, 2.45) is 0 Å². The molecule has 3 nitrogen and oxygen atoms in total. The maximum Gasteiger partial charge on any atom is 0.334 e. The van der Waals surface area contributed by atoms with Gasteiger partial charge in [0.2, 0.25) is 8.32 Å². The van der Waals surface area contributed by atoms with Gasteiger partial charge in [-0.25, -0.2) is 4.79 Å². The van der Waals surface area contributed by atoms with E-state index in [1.54, 1.807) is 6.92 Å². The molecule has 0 saturated carbocycles. The van der Waals surface area contributed by atoms with Crippen LogP contribution in [0.25, 0.3) is 0 Å². The molecule has 98 valence electrons. The van der Waals surface area contributed by atoms with Crippen LogP contribution in [0.1, 0.15) is 12.5 Å². The van der Waals surface area contributed by atoms with Crippen LogP contribution < -0.4 is 0 Å². The zero-order valence-electron chi connectivity index (χ0n) is 11.4. The smallest absolute Gasteiger partial charge is 0.334 e. The van der Waals surface area contributed by atoms with Crippen LogP contribution >= 0.6 is 0 Å². The third-order valence-corrected chi connectivity index (χ3v) is 2.95. The molecule has 0 bridgehead atoms. The van der Waals surface area contributed by atoms with Gasteiger partial charge in [0.1, 0.15) is 6.61 Å². The fraction of sp³-hybridized carbons (Fsp3) is 0.357. The minimum absolute atomic E-state index is 0.288. The number of allylic oxidation sites excluding steroid dienone is 1. The van der Waals surface area contributed by atoms with E-state index in [0.717, 1.165) is 5.56 Å². The van der Waals surface area contributed by atoms with Crippen LogP contribution in [0.3, 0.4) is 0 Å². The van der Waals surface area contributed by atoms with Gasteiger partial charge in [0.05, 0.1) is 11.8 Å². The van der Waals surface area contributed by atoms with Gasteiger partial charge in [0.25, 0.3) is 0 Å². The van der Waals surface area contributed by atoms with Crippen LogP contribution in [0.5, 0.6) is 0 Å². The standard InChI is InChI=1S/C14H20O3Si/c1-12(17-18(2,3)4)10-14(15)16-11-13-8-6-5-7-9-13/h5-10H,11H2,1-4H3/b12-10-. The van der Waals surface area contributed by atoms with E-state index in [9.17, 15) is 4.79 Å². The molecule has 0 heterocycles. The van der Waals surface area contributed by atoms with E-state index >= 15 is 0 Å². The molecule has 0 aliphatic carbocycles. The van der Waals surface area contributed by atoms with Crippen LogP contribution in [0.4, 0.5) is 0 Å². The van der Waals surface area contributed by atoms with E-state index in [1.165, 1.54) is 6.08 Å². The quantitative estimate of drug-likeness (QED) is 0.353. The largest absolute Gasteiger partial charge is 0.547 e. The summed E-state index contributed by atoms with van der Waals surface area (Å²) in [5.41, 5.74) is 0.975. The van der Waals surface area contributed by atoms with E-state index < -0.39 is 8.32 Å². The van der Waals surface area contributed by atoms with Crippen LogP contribution in [0.2, 0.25) is 19.6 Å². The molecule has 0 aromatic heterocycles. The van der Waals surface area contributed by atoms with E-state index in [-0.39, 0.29) is 12.6 Å². The van der Waals surface area contributed by atoms with Gasteiger partial charge in [-0.15, -0.1) is 0 Å². The number of rotatable bonds is 5. The topological polar surface area (TPSA) is 35.5 Å². The molecule has 0 N–H and O–H groups in total. The molecule has 0 unspecified atom stereocenters. The lowest BCUT2D eigenvalue weighted by Gasteiger charge is -2.19. The molecule has 0 atom stereocenters. The molecule has 4 heteroatoms. The van der Waals surface area contributed by atoms with Crippen molar-refractivity contribution >= 4 is 14.3 Å². The summed E-state index contributed by atoms with van der Waals surface area (Å²) < 4.78 is 10.8. The van der Waals surface area contributed by atoms with Gasteiger partial charge < -0.3 is 9.16 Å². The summed E-state index contributed by atoms with van der Waals surface area (Å²) in [7, 11) is -1.65. The molecule has 0 saturated heterocycles. The van der Waals surface area contributed by atoms with Gasteiger partial charge in [-0.3, -0.25) is 0 Å². The number of carbonyl (C=O) groups is 1. The Kier molecular flexibility index (Phi) is 5.16. The Hall–Kier alpha value is -1.55. The average Bonchev–Trinajstić information content (AvgIpc) is 2.25. The lowest BCUT2D eigenvalue weighted by Crippen LogP contribution is -2.24. The van der Waals surface area contributed by atoms with Crippen molar-refractivity contribution in [3.8, 4) is 0 Å². The Bertz CT molecular complexity index is 418. The van der Waals surface area contributed by atoms with Crippen molar-refractivity contribution in [2.75, 3.05) is 0 Å². The molecule has 1 aromatic carbocycles. The summed E-state index contributed by atoms with van der Waals surface area (Å²) in [6.07, 6.45) is 1.40. The fourth-order valence-electron chi connectivity index (χ4n) is 1.45. The predicted molar refractivity (Wildman–Crippen MR) is 74.4 cm³/mol. The molecule has 18 heavy (non-hydrogen) atoms. The highest BCUT2D eigenvalue weighted by atomic mass is 28.4. The van der Waals surface area contributed by atoms with Crippen LogP contribution in [-0.2, 0) is 20.6 Å². The first-order valence-electron chi connectivity index (χ1n) is 5.95. The van der Waals surface area contributed by atoms with Crippen molar-refractivity contribution in [1.29, 1.82) is 0 Å². The van der Waals surface area contributed by atoms with E-state index in [4.69, 9.17) is 9.16 Å². The first-order chi connectivity index (χ1) is 8.37. The monoisotopic (exact) mass is 264 g/mol. The molecular formula is C14H20O3Si. The number of esters is 1. The van der Waals surface area contributed by atoms with Gasteiger partial charge in [0, 0.05) is 0 Å². The molecule has 0 spiro atoms. The maximum atomic E-state index is 11.5. The van der Waals surface area contributed by atoms with E-state index in [2.05, 4.69) is 19.6 Å². The minimum Gasteiger partial charge on any atom is -0.547 e. The molecule has 0 fully saturated rings. The Labute approximate surface area is 110 Å². The summed E-state index contributed by atoms with van der Waals surface area (Å²) in [5.74, 6) is 0.252. The summed E-state index contributed by atoms with van der Waals surface area (Å²) >= 11 is 0. The molecule has 1 aromatic rings. The molecule has 0 aliphatic heterocycles. The summed E-state index contributed by atoms with van der Waals surface area (Å²) in [6.45, 7) is 8.28. The number of hydrogen-bond acceptors (Lipinski definition) is 3. The zero-order chi connectivity index (χ0) is 13.6. The minimum atomic E-state index is -1.65. The second-order valence-corrected chi connectivity index (χ2v) is 9.49. The van der Waals surface area contributed by atoms with Crippen molar-refractivity contribution in [3.05, 3.63) is 47.7 Å². The normalized spacial score (nSPS) is 12.1. The Balaban J connectivity index is 2.44. The molecule has 0 radical (unpaired) electrons. The second kappa shape index (κ2) is 6.40. The average molecular weight is 264 g/mol. The molecular weight excluding hydrogens is 244 g/mol. The molecule has 0 aliphatic rings. The summed E-state index contributed by atoms with van der Waals surface area (Å²) in [5, 5.41) is 0. The van der Waals surface area contributed by atoms with Gasteiger partial charge >= 0.3 is 5.97 Å². The lowest BCUT2D eigenvalue weighted by molar-refractivity contribution is -0.139. The van der Waals surface area contributed by atoms with Crippen LogP contribution in [0, 0.1) is 0 Å². The number of carbonyl (C=O) groups excluding carboxylic acids is 1. The van der Waals surface area contributed by atoms with Crippen molar-refractivity contribution < 1.29 is 14.0 Å². The third-order valence-electron chi connectivity index (χ3n) is 2.01. The van der Waals surface area contributed by atoms with E-state index in [0.29, 0.717) is 5.76 Å². The summed E-state index contributed by atoms with van der Waals surface area (Å²) in [6, 6.07) is 9.60. The molecule has 0 amide bonds. The number of ether oxygens (including phenoxy) is 1.